The Labute approximate surface area is 113 Å². The highest BCUT2D eigenvalue weighted by atomic mass is 19.4. The summed E-state index contributed by atoms with van der Waals surface area (Å²) in [5, 5.41) is 0. The minimum absolute atomic E-state index is 0.0256. The van der Waals surface area contributed by atoms with Gasteiger partial charge in [0.2, 0.25) is 0 Å². The van der Waals surface area contributed by atoms with Gasteiger partial charge in [0.15, 0.2) is 0 Å². The van der Waals surface area contributed by atoms with Crippen LogP contribution in [-0.4, -0.2) is 17.6 Å². The molecule has 106 valence electrons. The number of hydrogen-bond donors (Lipinski definition) is 0. The Morgan fingerprint density at radius 3 is 2.40 bits per heavy atom. The second-order valence-electron chi connectivity index (χ2n) is 4.20. The molecule has 3 nitrogen and oxygen atoms in total. The van der Waals surface area contributed by atoms with Crippen molar-refractivity contribution in [2.45, 2.75) is 6.18 Å². The van der Waals surface area contributed by atoms with E-state index in [2.05, 4.69) is 4.74 Å². The maximum Gasteiger partial charge on any atom is 0.417 e. The molecule has 6 heteroatoms. The van der Waals surface area contributed by atoms with Gasteiger partial charge < -0.3 is 9.30 Å². The van der Waals surface area contributed by atoms with Crippen molar-refractivity contribution in [2.75, 3.05) is 7.11 Å². The summed E-state index contributed by atoms with van der Waals surface area (Å²) in [6.07, 6.45) is -4.45. The number of hydrogen-bond acceptors (Lipinski definition) is 2. The number of nitrogens with zero attached hydrogens (tertiary/aromatic N) is 1. The van der Waals surface area contributed by atoms with Crippen LogP contribution in [0, 0.1) is 0 Å². The lowest BCUT2D eigenvalue weighted by atomic mass is 10.0. The number of aromatic nitrogens is 1. The molecule has 1 heterocycles. The number of halogens is 3. The van der Waals surface area contributed by atoms with Gasteiger partial charge in [-0.15, -0.1) is 0 Å². The Bertz CT molecular complexity index is 644. The number of carbonyl (C=O) groups is 1. The lowest BCUT2D eigenvalue weighted by Crippen LogP contribution is -2.10. The van der Waals surface area contributed by atoms with Gasteiger partial charge in [0.1, 0.15) is 5.69 Å². The van der Waals surface area contributed by atoms with Gasteiger partial charge in [0.25, 0.3) is 0 Å². The molecule has 0 aliphatic heterocycles. The van der Waals surface area contributed by atoms with Gasteiger partial charge in [-0.2, -0.15) is 13.2 Å². The number of carbonyl (C=O) groups excluding carboxylic acids is 1. The topological polar surface area (TPSA) is 31.2 Å². The third-order valence-electron chi connectivity index (χ3n) is 3.02. The monoisotopic (exact) mass is 283 g/mol. The summed E-state index contributed by atoms with van der Waals surface area (Å²) >= 11 is 0. The fourth-order valence-electron chi connectivity index (χ4n) is 2.04. The fourth-order valence-corrected chi connectivity index (χ4v) is 2.04. The molecule has 0 spiro atoms. The highest BCUT2D eigenvalue weighted by molar-refractivity contribution is 5.89. The molecule has 1 aromatic heterocycles. The first kappa shape index (κ1) is 14.2. The van der Waals surface area contributed by atoms with Crippen molar-refractivity contribution in [3.63, 3.8) is 0 Å². The molecule has 2 rings (SSSR count). The molecule has 0 atom stereocenters. The number of benzene rings is 1. The maximum atomic E-state index is 13.0. The van der Waals surface area contributed by atoms with Gasteiger partial charge >= 0.3 is 12.1 Å². The van der Waals surface area contributed by atoms with Crippen LogP contribution in [0.1, 0.15) is 16.1 Å². The molecule has 1 aromatic carbocycles. The molecule has 2 aromatic rings. The van der Waals surface area contributed by atoms with Crippen molar-refractivity contribution >= 4 is 5.97 Å². The smallest absolute Gasteiger partial charge is 0.417 e. The molecule has 0 fully saturated rings. The first-order chi connectivity index (χ1) is 9.36. The van der Waals surface area contributed by atoms with E-state index in [1.807, 2.05) is 0 Å². The van der Waals surface area contributed by atoms with E-state index in [1.165, 1.54) is 49.1 Å². The predicted molar refractivity (Wildman–Crippen MR) is 67.2 cm³/mol. The Hall–Kier alpha value is -2.24. The second kappa shape index (κ2) is 5.03. The molecule has 0 radical (unpaired) electrons. The van der Waals surface area contributed by atoms with E-state index in [4.69, 9.17) is 0 Å². The summed E-state index contributed by atoms with van der Waals surface area (Å²) in [6, 6.07) is 8.15. The molecule has 0 amide bonds. The van der Waals surface area contributed by atoms with E-state index in [9.17, 15) is 18.0 Å². The minimum atomic E-state index is -4.45. The van der Waals surface area contributed by atoms with Crippen molar-refractivity contribution in [1.82, 2.24) is 4.57 Å². The molecule has 0 saturated carbocycles. The van der Waals surface area contributed by atoms with Gasteiger partial charge in [0, 0.05) is 18.3 Å². The molecule has 0 saturated heterocycles. The third-order valence-corrected chi connectivity index (χ3v) is 3.02. The van der Waals surface area contributed by atoms with Crippen LogP contribution < -0.4 is 0 Å². The predicted octanol–water partition coefficient (Wildman–Crippen LogP) is 3.50. The molecule has 0 N–H and O–H groups in total. The van der Waals surface area contributed by atoms with Crippen molar-refractivity contribution < 1.29 is 22.7 Å². The third kappa shape index (κ3) is 2.41. The molecule has 0 aliphatic carbocycles. The number of ether oxygens (including phenoxy) is 1. The van der Waals surface area contributed by atoms with Crippen LogP contribution in [0.5, 0.6) is 0 Å². The van der Waals surface area contributed by atoms with Crippen molar-refractivity contribution in [1.29, 1.82) is 0 Å². The summed E-state index contributed by atoms with van der Waals surface area (Å²) in [7, 11) is 2.74. The zero-order valence-corrected chi connectivity index (χ0v) is 10.9. The first-order valence-corrected chi connectivity index (χ1v) is 5.77. The quantitative estimate of drug-likeness (QED) is 0.790. The van der Waals surface area contributed by atoms with Crippen LogP contribution in [0.4, 0.5) is 13.2 Å². The van der Waals surface area contributed by atoms with Crippen LogP contribution in [0.15, 0.2) is 36.4 Å². The molecular formula is C14H12F3NO2. The molecule has 0 unspecified atom stereocenters. The second-order valence-corrected chi connectivity index (χ2v) is 4.20. The standard InChI is InChI=1S/C14H12F3NO2/c1-18-11(7-8-12(18)13(19)20-2)9-5-3-4-6-10(9)14(15,16)17/h3-8H,1-2H3. The maximum absolute atomic E-state index is 13.0. The average Bonchev–Trinajstić information content (AvgIpc) is 2.78. The Balaban J connectivity index is 2.59. The molecule has 0 aliphatic rings. The highest BCUT2D eigenvalue weighted by Gasteiger charge is 2.34. The van der Waals surface area contributed by atoms with Gasteiger partial charge in [-0.05, 0) is 18.2 Å². The summed E-state index contributed by atoms with van der Waals surface area (Å²) in [4.78, 5) is 11.5. The van der Waals surface area contributed by atoms with Crippen molar-refractivity contribution in [3.05, 3.63) is 47.7 Å². The lowest BCUT2D eigenvalue weighted by molar-refractivity contribution is -0.137. The van der Waals surface area contributed by atoms with E-state index >= 15 is 0 Å². The number of alkyl halides is 3. The van der Waals surface area contributed by atoms with Crippen LogP contribution in [-0.2, 0) is 18.0 Å². The van der Waals surface area contributed by atoms with Gasteiger partial charge in [0.05, 0.1) is 12.7 Å². The van der Waals surface area contributed by atoms with Gasteiger partial charge in [-0.1, -0.05) is 18.2 Å². The highest BCUT2D eigenvalue weighted by Crippen LogP contribution is 2.37. The SMILES string of the molecule is COC(=O)c1ccc(-c2ccccc2C(F)(F)F)n1C. The summed E-state index contributed by atoms with van der Waals surface area (Å²) < 4.78 is 45.0. The van der Waals surface area contributed by atoms with Gasteiger partial charge in [-0.25, -0.2) is 4.79 Å². The van der Waals surface area contributed by atoms with Crippen molar-refractivity contribution in [3.8, 4) is 11.3 Å². The largest absolute Gasteiger partial charge is 0.464 e. The van der Waals surface area contributed by atoms with E-state index in [0.717, 1.165) is 6.07 Å². The normalized spacial score (nSPS) is 11.4. The minimum Gasteiger partial charge on any atom is -0.464 e. The van der Waals surface area contributed by atoms with Crippen LogP contribution >= 0.6 is 0 Å². The van der Waals surface area contributed by atoms with E-state index in [-0.39, 0.29) is 11.3 Å². The Morgan fingerprint density at radius 2 is 1.80 bits per heavy atom. The van der Waals surface area contributed by atoms with Crippen molar-refractivity contribution in [2.24, 2.45) is 7.05 Å². The zero-order valence-electron chi connectivity index (χ0n) is 10.9. The van der Waals surface area contributed by atoms with Crippen LogP contribution in [0.2, 0.25) is 0 Å². The molecule has 20 heavy (non-hydrogen) atoms. The Morgan fingerprint density at radius 1 is 1.15 bits per heavy atom. The zero-order chi connectivity index (χ0) is 14.9. The fraction of sp³-hybridized carbons (Fsp3) is 0.214. The van der Waals surface area contributed by atoms with Gasteiger partial charge in [-0.3, -0.25) is 0 Å². The van der Waals surface area contributed by atoms with E-state index < -0.39 is 17.7 Å². The number of esters is 1. The van der Waals surface area contributed by atoms with Crippen LogP contribution in [0.3, 0.4) is 0 Å². The lowest BCUT2D eigenvalue weighted by Gasteiger charge is -2.14. The molecule has 0 bridgehead atoms. The van der Waals surface area contributed by atoms with E-state index in [1.54, 1.807) is 0 Å². The Kier molecular flexibility index (Phi) is 3.57. The number of methoxy groups -OCH3 is 1. The number of rotatable bonds is 2. The first-order valence-electron chi connectivity index (χ1n) is 5.77. The summed E-state index contributed by atoms with van der Waals surface area (Å²) in [5.74, 6) is -0.594. The average molecular weight is 283 g/mol. The molecular weight excluding hydrogens is 271 g/mol. The summed E-state index contributed by atoms with van der Waals surface area (Å²) in [6.45, 7) is 0. The van der Waals surface area contributed by atoms with E-state index in [0.29, 0.717) is 5.69 Å². The summed E-state index contributed by atoms with van der Waals surface area (Å²) in [5.41, 5.74) is -0.215. The van der Waals surface area contributed by atoms with Crippen LogP contribution in [0.25, 0.3) is 11.3 Å².